The Kier molecular flexibility index (Phi) is 9.57. The Bertz CT molecular complexity index is 5090. The molecule has 4 aromatic heterocycles. The van der Waals surface area contributed by atoms with Crippen LogP contribution in [-0.4, -0.2) is 4.40 Å². The van der Waals surface area contributed by atoms with Crippen molar-refractivity contribution < 1.29 is 8.83 Å². The van der Waals surface area contributed by atoms with Gasteiger partial charge in [0, 0.05) is 89.1 Å². The molecule has 0 saturated carbocycles. The van der Waals surface area contributed by atoms with Crippen LogP contribution in [0.15, 0.2) is 221 Å². The van der Waals surface area contributed by atoms with Crippen LogP contribution in [0.4, 0.5) is 34.1 Å². The molecule has 0 fully saturated rings. The fourth-order valence-electron chi connectivity index (χ4n) is 13.7. The molecule has 80 heavy (non-hydrogen) atoms. The number of hydrogen-bond donors (Lipinski definition) is 0. The summed E-state index contributed by atoms with van der Waals surface area (Å²) in [5, 5.41) is 12.0. The summed E-state index contributed by atoms with van der Waals surface area (Å²) in [6.07, 6.45) is 0. The lowest BCUT2D eigenvalue weighted by atomic mass is 9.81. The highest BCUT2D eigenvalue weighted by molar-refractivity contribution is 6.31. The average molecular weight is 1030 g/mol. The van der Waals surface area contributed by atoms with E-state index in [2.05, 4.69) is 270 Å². The van der Waals surface area contributed by atoms with Gasteiger partial charge >= 0.3 is 0 Å². The van der Waals surface area contributed by atoms with Gasteiger partial charge in [0.2, 0.25) is 0 Å². The van der Waals surface area contributed by atoms with Crippen LogP contribution in [0.3, 0.4) is 0 Å². The second-order valence-electron chi connectivity index (χ2n) is 25.0. The molecule has 0 N–H and O–H groups in total. The number of furan rings is 2. The predicted octanol–water partition coefficient (Wildman–Crippen LogP) is 21.6. The molecule has 1 aliphatic rings. The van der Waals surface area contributed by atoms with E-state index in [-0.39, 0.29) is 16.2 Å². The van der Waals surface area contributed by atoms with Crippen molar-refractivity contribution in [3.05, 3.63) is 235 Å². The third-order valence-electron chi connectivity index (χ3n) is 17.8. The molecule has 16 rings (SSSR count). The molecule has 0 saturated heterocycles. The van der Waals surface area contributed by atoms with Crippen molar-refractivity contribution in [2.24, 2.45) is 0 Å². The number of nitrogens with zero attached hydrogens (tertiary/aromatic N) is 3. The first-order valence-electron chi connectivity index (χ1n) is 28.1. The molecule has 11 aromatic carbocycles. The second-order valence-corrected chi connectivity index (χ2v) is 25.0. The molecule has 0 radical (unpaired) electrons. The van der Waals surface area contributed by atoms with Gasteiger partial charge in [0.05, 0.1) is 22.2 Å². The minimum Gasteiger partial charge on any atom is -0.456 e. The summed E-state index contributed by atoms with van der Waals surface area (Å²) < 4.78 is 15.6. The van der Waals surface area contributed by atoms with E-state index in [1.54, 1.807) is 0 Å². The second kappa shape index (κ2) is 16.4. The molecule has 0 spiro atoms. The smallest absolute Gasteiger partial charge is 0.137 e. The van der Waals surface area contributed by atoms with Crippen LogP contribution >= 0.6 is 0 Å². The van der Waals surface area contributed by atoms with Gasteiger partial charge in [-0.15, -0.1) is 0 Å². The Morgan fingerprint density at radius 3 is 1.54 bits per heavy atom. The number of benzene rings is 11. The summed E-state index contributed by atoms with van der Waals surface area (Å²) in [6, 6.07) is 78.8. The predicted molar refractivity (Wildman–Crippen MR) is 337 cm³/mol. The lowest BCUT2D eigenvalue weighted by molar-refractivity contribution is 0.590. The Hall–Kier alpha value is -9.32. The molecule has 0 bridgehead atoms. The van der Waals surface area contributed by atoms with Crippen molar-refractivity contribution >= 4 is 127 Å². The van der Waals surface area contributed by atoms with E-state index < -0.39 is 0 Å². The van der Waals surface area contributed by atoms with Gasteiger partial charge in [0.1, 0.15) is 22.3 Å². The standard InChI is InChI=1S/C75H59N3O2/c1-73(2,3)45-17-15-19-47(38-45)76(50-29-32-55-53-21-10-13-25-66(53)79-68(55)41-50)49-28-31-52-60-37-44-27-35-64-70(59(44)43-62(60)75(7,8)61(52)40-49)58-34-36-65(71-57-23-9-12-24-63(57)78(64)72(58)71)77(48-20-16-18-46(39-48)74(4,5)6)51-30-33-56-54-22-11-14-26-67(54)80-69(56)42-51/h9-43H,1-8H3. The minimum absolute atomic E-state index is 0.0250. The maximum absolute atomic E-state index is 6.59. The van der Waals surface area contributed by atoms with Gasteiger partial charge in [-0.05, 0) is 158 Å². The average Bonchev–Trinajstić information content (AvgIpc) is 4.44. The largest absolute Gasteiger partial charge is 0.456 e. The summed E-state index contributed by atoms with van der Waals surface area (Å²) in [6.45, 7) is 18.6. The molecule has 0 aliphatic heterocycles. The summed E-state index contributed by atoms with van der Waals surface area (Å²) in [7, 11) is 0. The van der Waals surface area contributed by atoms with Crippen molar-refractivity contribution in [3.63, 3.8) is 0 Å². The zero-order chi connectivity index (χ0) is 54.1. The third-order valence-corrected chi connectivity index (χ3v) is 17.8. The first-order chi connectivity index (χ1) is 38.7. The molecule has 0 atom stereocenters. The Morgan fingerprint density at radius 1 is 0.362 bits per heavy atom. The van der Waals surface area contributed by atoms with E-state index >= 15 is 0 Å². The number of para-hydroxylation sites is 3. The highest BCUT2D eigenvalue weighted by Gasteiger charge is 2.37. The summed E-state index contributed by atoms with van der Waals surface area (Å²) in [5.74, 6) is 0. The molecule has 5 nitrogen and oxygen atoms in total. The van der Waals surface area contributed by atoms with Crippen molar-refractivity contribution in [2.75, 3.05) is 9.80 Å². The van der Waals surface area contributed by atoms with Gasteiger partial charge < -0.3 is 23.0 Å². The summed E-state index contributed by atoms with van der Waals surface area (Å²) in [5.41, 5.74) is 21.2. The lowest BCUT2D eigenvalue weighted by Gasteiger charge is -2.29. The maximum atomic E-state index is 6.59. The monoisotopic (exact) mass is 1030 g/mol. The number of rotatable bonds is 6. The molecule has 0 amide bonds. The zero-order valence-corrected chi connectivity index (χ0v) is 46.4. The molecule has 5 heteroatoms. The lowest BCUT2D eigenvalue weighted by Crippen LogP contribution is -2.17. The fraction of sp³-hybridized carbons (Fsp3) is 0.147. The highest BCUT2D eigenvalue weighted by atomic mass is 16.3. The summed E-state index contributed by atoms with van der Waals surface area (Å²) in [4.78, 5) is 4.87. The van der Waals surface area contributed by atoms with Gasteiger partial charge in [0.15, 0.2) is 0 Å². The van der Waals surface area contributed by atoms with E-state index in [0.717, 1.165) is 78.0 Å². The van der Waals surface area contributed by atoms with Crippen LogP contribution in [0.25, 0.3) is 104 Å². The van der Waals surface area contributed by atoms with Gasteiger partial charge in [-0.25, -0.2) is 0 Å². The van der Waals surface area contributed by atoms with E-state index in [1.165, 1.54) is 82.2 Å². The fourth-order valence-corrected chi connectivity index (χ4v) is 13.7. The maximum Gasteiger partial charge on any atom is 0.137 e. The van der Waals surface area contributed by atoms with E-state index in [0.29, 0.717) is 0 Å². The first kappa shape index (κ1) is 46.7. The van der Waals surface area contributed by atoms with Crippen molar-refractivity contribution in [1.82, 2.24) is 4.40 Å². The number of aromatic nitrogens is 1. The van der Waals surface area contributed by atoms with Crippen LogP contribution in [0, 0.1) is 0 Å². The van der Waals surface area contributed by atoms with E-state index in [1.807, 2.05) is 12.1 Å². The number of fused-ring (bicyclic) bond motifs is 17. The van der Waals surface area contributed by atoms with Crippen LogP contribution in [0.1, 0.15) is 77.6 Å². The molecule has 0 unspecified atom stereocenters. The molecule has 1 aliphatic carbocycles. The van der Waals surface area contributed by atoms with E-state index in [9.17, 15) is 0 Å². The Morgan fingerprint density at radius 2 is 0.887 bits per heavy atom. The Balaban J connectivity index is 0.878. The van der Waals surface area contributed by atoms with Crippen molar-refractivity contribution in [1.29, 1.82) is 0 Å². The highest BCUT2D eigenvalue weighted by Crippen LogP contribution is 2.55. The topological polar surface area (TPSA) is 37.2 Å². The first-order valence-corrected chi connectivity index (χ1v) is 28.1. The summed E-state index contributed by atoms with van der Waals surface area (Å²) >= 11 is 0. The molecule has 386 valence electrons. The van der Waals surface area contributed by atoms with Gasteiger partial charge in [-0.2, -0.15) is 0 Å². The van der Waals surface area contributed by atoms with Crippen LogP contribution < -0.4 is 9.80 Å². The van der Waals surface area contributed by atoms with Crippen LogP contribution in [-0.2, 0) is 16.2 Å². The zero-order valence-electron chi connectivity index (χ0n) is 46.4. The number of hydrogen-bond acceptors (Lipinski definition) is 4. The molecule has 15 aromatic rings. The SMILES string of the molecule is CC(C)(C)c1cccc(N(c2ccc3c(c2)C(C)(C)c2cc4c(ccc5c4c4ccc(N(c6cccc(C(C)(C)C)c6)c6ccc7c(c6)oc6ccccc67)c6c7ccccc7n5c46)cc2-3)c2ccc3c(c2)oc2ccccc23)c1. The van der Waals surface area contributed by atoms with Crippen LogP contribution in [0.2, 0.25) is 0 Å². The van der Waals surface area contributed by atoms with Crippen molar-refractivity contribution in [3.8, 4) is 11.1 Å². The minimum atomic E-state index is -0.304. The molecule has 4 heterocycles. The van der Waals surface area contributed by atoms with Gasteiger partial charge in [-0.1, -0.05) is 152 Å². The Labute approximate surface area is 464 Å². The third kappa shape index (κ3) is 6.70. The van der Waals surface area contributed by atoms with Gasteiger partial charge in [0.25, 0.3) is 0 Å². The van der Waals surface area contributed by atoms with Gasteiger partial charge in [-0.3, -0.25) is 0 Å². The molecular weight excluding hydrogens is 975 g/mol. The molecular formula is C75H59N3O2. The van der Waals surface area contributed by atoms with Crippen LogP contribution in [0.5, 0.6) is 0 Å². The van der Waals surface area contributed by atoms with E-state index in [4.69, 9.17) is 8.83 Å². The van der Waals surface area contributed by atoms with Crippen molar-refractivity contribution in [2.45, 2.75) is 71.6 Å². The number of anilines is 6. The quantitative estimate of drug-likeness (QED) is 0.166. The normalized spacial score (nSPS) is 13.6.